The minimum absolute atomic E-state index is 0.0954. The van der Waals surface area contributed by atoms with Crippen molar-refractivity contribution >= 4 is 40.2 Å². The van der Waals surface area contributed by atoms with Gasteiger partial charge >= 0.3 is 0 Å². The summed E-state index contributed by atoms with van der Waals surface area (Å²) in [5.41, 5.74) is 5.49. The number of aryl methyl sites for hydroxylation is 1. The monoisotopic (exact) mass is 578 g/mol. The standard InChI is InChI=1S/C31H30N8O4/c1-37-28-18(14-34-37)8-9-32-27(28)23-15-38(36-26(23)17-2-3-17)20-10-16(11-20)13-33-19-4-5-21-22(12-19)31(43)39(30(21)42)24-6-7-25(40)35-29(24)41/h4-5,8-9,12,14-17,20,24,33H,2-3,6-7,10-11,13H2,1H3,(H,35,40,41)/t16-,20-,24?. The lowest BCUT2D eigenvalue weighted by Gasteiger charge is -2.35. The zero-order valence-electron chi connectivity index (χ0n) is 23.6. The molecule has 5 heterocycles. The van der Waals surface area contributed by atoms with Crippen molar-refractivity contribution in [3.63, 3.8) is 0 Å². The number of pyridine rings is 1. The lowest BCUT2D eigenvalue weighted by molar-refractivity contribution is -0.136. The molecule has 12 nitrogen and oxygen atoms in total. The van der Waals surface area contributed by atoms with Crippen molar-refractivity contribution in [2.45, 2.75) is 56.5 Å². The van der Waals surface area contributed by atoms with Crippen LogP contribution in [0.2, 0.25) is 0 Å². The van der Waals surface area contributed by atoms with Gasteiger partial charge in [0.05, 0.1) is 40.3 Å². The Kier molecular flexibility index (Phi) is 5.75. The highest BCUT2D eigenvalue weighted by atomic mass is 16.2. The van der Waals surface area contributed by atoms with Crippen molar-refractivity contribution in [1.82, 2.24) is 34.8 Å². The predicted octanol–water partition coefficient (Wildman–Crippen LogP) is 3.17. The first-order valence-electron chi connectivity index (χ1n) is 14.8. The molecule has 2 saturated carbocycles. The van der Waals surface area contributed by atoms with E-state index in [1.165, 1.54) is 0 Å². The molecule has 2 aliphatic heterocycles. The highest BCUT2D eigenvalue weighted by Crippen LogP contribution is 2.46. The quantitative estimate of drug-likeness (QED) is 0.318. The number of aromatic nitrogens is 5. The van der Waals surface area contributed by atoms with Crippen LogP contribution in [0.5, 0.6) is 0 Å². The van der Waals surface area contributed by atoms with E-state index >= 15 is 0 Å². The number of hydrogen-bond donors (Lipinski definition) is 2. The highest BCUT2D eigenvalue weighted by Gasteiger charge is 2.44. The fourth-order valence-electron chi connectivity index (χ4n) is 6.68. The summed E-state index contributed by atoms with van der Waals surface area (Å²) in [6.07, 6.45) is 10.4. The normalized spacial score (nSPS) is 23.5. The maximum atomic E-state index is 13.1. The third kappa shape index (κ3) is 4.23. The number of carbonyl (C=O) groups excluding carboxylic acids is 4. The van der Waals surface area contributed by atoms with Crippen LogP contribution in [0, 0.1) is 5.92 Å². The third-order valence-corrected chi connectivity index (χ3v) is 9.25. The number of imide groups is 2. The van der Waals surface area contributed by atoms with Gasteiger partial charge < -0.3 is 5.32 Å². The number of anilines is 1. The Balaban J connectivity index is 0.937. The van der Waals surface area contributed by atoms with Gasteiger partial charge in [0, 0.05) is 55.0 Å². The van der Waals surface area contributed by atoms with Crippen LogP contribution in [0.3, 0.4) is 0 Å². The first kappa shape index (κ1) is 25.8. The molecule has 3 fully saturated rings. The van der Waals surface area contributed by atoms with Gasteiger partial charge in [-0.25, -0.2) is 0 Å². The molecular weight excluding hydrogens is 548 g/mol. The Hall–Kier alpha value is -4.87. The van der Waals surface area contributed by atoms with E-state index in [4.69, 9.17) is 10.1 Å². The van der Waals surface area contributed by atoms with Crippen LogP contribution in [0.15, 0.2) is 42.9 Å². The number of fused-ring (bicyclic) bond motifs is 2. The Labute approximate surface area is 246 Å². The molecule has 1 atom stereocenters. The van der Waals surface area contributed by atoms with Gasteiger partial charge in [-0.05, 0) is 62.3 Å². The van der Waals surface area contributed by atoms with Gasteiger partial charge in [0.15, 0.2) is 0 Å². The fourth-order valence-corrected chi connectivity index (χ4v) is 6.68. The maximum Gasteiger partial charge on any atom is 0.262 e. The zero-order valence-corrected chi connectivity index (χ0v) is 23.6. The van der Waals surface area contributed by atoms with Crippen molar-refractivity contribution in [2.75, 3.05) is 11.9 Å². The van der Waals surface area contributed by atoms with Crippen LogP contribution < -0.4 is 10.6 Å². The molecule has 218 valence electrons. The number of hydrogen-bond acceptors (Lipinski definition) is 8. The topological polar surface area (TPSA) is 144 Å². The second kappa shape index (κ2) is 9.58. The first-order valence-corrected chi connectivity index (χ1v) is 14.8. The number of nitrogens with one attached hydrogen (secondary N) is 2. The number of amides is 4. The summed E-state index contributed by atoms with van der Waals surface area (Å²) in [7, 11) is 1.95. The molecule has 8 rings (SSSR count). The Morgan fingerprint density at radius 1 is 1.00 bits per heavy atom. The number of rotatable bonds is 7. The van der Waals surface area contributed by atoms with E-state index in [-0.39, 0.29) is 24.0 Å². The largest absolute Gasteiger partial charge is 0.385 e. The summed E-state index contributed by atoms with van der Waals surface area (Å²) in [6, 6.07) is 6.44. The summed E-state index contributed by atoms with van der Waals surface area (Å²) in [5.74, 6) is -1.08. The molecule has 1 aromatic carbocycles. The lowest BCUT2D eigenvalue weighted by atomic mass is 9.80. The zero-order chi connectivity index (χ0) is 29.4. The van der Waals surface area contributed by atoms with E-state index in [2.05, 4.69) is 26.6 Å². The summed E-state index contributed by atoms with van der Waals surface area (Å²) in [5, 5.41) is 16.2. The summed E-state index contributed by atoms with van der Waals surface area (Å²) >= 11 is 0. The molecular formula is C31H30N8O4. The predicted molar refractivity (Wildman–Crippen MR) is 155 cm³/mol. The van der Waals surface area contributed by atoms with Crippen LogP contribution in [-0.2, 0) is 16.6 Å². The van der Waals surface area contributed by atoms with Gasteiger partial charge in [0.1, 0.15) is 6.04 Å². The molecule has 4 amide bonds. The second-order valence-corrected chi connectivity index (χ2v) is 12.1. The van der Waals surface area contributed by atoms with Crippen LogP contribution in [-0.4, -0.2) is 65.7 Å². The summed E-state index contributed by atoms with van der Waals surface area (Å²) in [6.45, 7) is 0.730. The van der Waals surface area contributed by atoms with Gasteiger partial charge in [0.2, 0.25) is 11.8 Å². The molecule has 2 N–H and O–H groups in total. The molecule has 4 aliphatic rings. The van der Waals surface area contributed by atoms with Crippen molar-refractivity contribution < 1.29 is 19.2 Å². The van der Waals surface area contributed by atoms with E-state index in [1.54, 1.807) is 18.2 Å². The van der Waals surface area contributed by atoms with Gasteiger partial charge in [0.25, 0.3) is 11.8 Å². The molecule has 1 unspecified atom stereocenters. The molecule has 43 heavy (non-hydrogen) atoms. The molecule has 4 aromatic rings. The van der Waals surface area contributed by atoms with Crippen LogP contribution in [0.4, 0.5) is 5.69 Å². The molecule has 0 bridgehead atoms. The van der Waals surface area contributed by atoms with E-state index in [9.17, 15) is 19.2 Å². The minimum Gasteiger partial charge on any atom is -0.385 e. The smallest absolute Gasteiger partial charge is 0.262 e. The number of benzene rings is 1. The van der Waals surface area contributed by atoms with Crippen molar-refractivity contribution in [1.29, 1.82) is 0 Å². The van der Waals surface area contributed by atoms with Crippen LogP contribution in [0.25, 0.3) is 22.2 Å². The van der Waals surface area contributed by atoms with E-state index in [0.717, 1.165) is 70.7 Å². The number of carbonyl (C=O) groups is 4. The Morgan fingerprint density at radius 3 is 2.60 bits per heavy atom. The summed E-state index contributed by atoms with van der Waals surface area (Å²) in [4.78, 5) is 55.7. The van der Waals surface area contributed by atoms with Gasteiger partial charge in [-0.2, -0.15) is 10.2 Å². The second-order valence-electron chi connectivity index (χ2n) is 12.1. The van der Waals surface area contributed by atoms with Crippen LogP contribution in [0.1, 0.15) is 76.9 Å². The first-order chi connectivity index (χ1) is 20.9. The Bertz CT molecular complexity index is 1850. The van der Waals surface area contributed by atoms with Crippen molar-refractivity contribution in [2.24, 2.45) is 13.0 Å². The van der Waals surface area contributed by atoms with Gasteiger partial charge in [-0.15, -0.1) is 0 Å². The number of nitrogens with zero attached hydrogens (tertiary/aromatic N) is 6. The fraction of sp³-hybridized carbons (Fsp3) is 0.387. The van der Waals surface area contributed by atoms with E-state index < -0.39 is 29.7 Å². The molecule has 0 radical (unpaired) electrons. The van der Waals surface area contributed by atoms with Crippen molar-refractivity contribution in [3.05, 3.63) is 59.7 Å². The average Bonchev–Trinajstić information content (AvgIpc) is 3.55. The Morgan fingerprint density at radius 2 is 1.81 bits per heavy atom. The van der Waals surface area contributed by atoms with Gasteiger partial charge in [-0.1, -0.05) is 0 Å². The summed E-state index contributed by atoms with van der Waals surface area (Å²) < 4.78 is 4.01. The van der Waals surface area contributed by atoms with E-state index in [1.807, 2.05) is 30.2 Å². The SMILES string of the molecule is Cn1ncc2ccnc(-c3cn([C@H]4C[C@H](CNc5ccc6c(c5)C(=O)N(C5CCC(=O)NC5=O)C6=O)C4)nc3C3CC3)c21. The number of piperidine rings is 1. The van der Waals surface area contributed by atoms with Gasteiger partial charge in [-0.3, -0.25) is 43.7 Å². The molecule has 2 aliphatic carbocycles. The molecule has 1 saturated heterocycles. The molecule has 3 aromatic heterocycles. The lowest BCUT2D eigenvalue weighted by Crippen LogP contribution is -2.54. The minimum atomic E-state index is -0.968. The highest BCUT2D eigenvalue weighted by molar-refractivity contribution is 6.23. The van der Waals surface area contributed by atoms with E-state index in [0.29, 0.717) is 17.9 Å². The molecule has 0 spiro atoms. The van der Waals surface area contributed by atoms with Crippen LogP contribution >= 0.6 is 0 Å². The van der Waals surface area contributed by atoms with Crippen molar-refractivity contribution in [3.8, 4) is 11.3 Å². The molecule has 12 heteroatoms. The maximum absolute atomic E-state index is 13.1. The average molecular weight is 579 g/mol. The third-order valence-electron chi connectivity index (χ3n) is 9.25.